The summed E-state index contributed by atoms with van der Waals surface area (Å²) in [5.41, 5.74) is 1.59. The number of esters is 1. The Kier molecular flexibility index (Phi) is 7.48. The van der Waals surface area contributed by atoms with Crippen LogP contribution >= 0.6 is 0 Å². The zero-order chi connectivity index (χ0) is 23.3. The van der Waals surface area contributed by atoms with Gasteiger partial charge < -0.3 is 9.15 Å². The molecule has 0 saturated carbocycles. The van der Waals surface area contributed by atoms with E-state index in [4.69, 9.17) is 9.15 Å². The number of hydrogen-bond donors (Lipinski definition) is 1. The molecule has 1 heterocycles. The van der Waals surface area contributed by atoms with E-state index in [1.807, 2.05) is 20.8 Å². The highest BCUT2D eigenvalue weighted by Crippen LogP contribution is 2.24. The number of sulfonamides is 1. The summed E-state index contributed by atoms with van der Waals surface area (Å²) in [6, 6.07) is 11.6. The highest BCUT2D eigenvalue weighted by molar-refractivity contribution is 7.89. The first kappa shape index (κ1) is 23.7. The van der Waals surface area contributed by atoms with Crippen LogP contribution in [0, 0.1) is 6.92 Å². The summed E-state index contributed by atoms with van der Waals surface area (Å²) in [4.78, 5) is 24.7. The number of carbonyl (C=O) groups is 1. The minimum absolute atomic E-state index is 0.0805. The summed E-state index contributed by atoms with van der Waals surface area (Å²) in [7, 11) is -3.90. The predicted molar refractivity (Wildman–Crippen MR) is 122 cm³/mol. The zero-order valence-electron chi connectivity index (χ0n) is 18.4. The molecule has 0 bridgehead atoms. The van der Waals surface area contributed by atoms with Crippen LogP contribution in [0.2, 0.25) is 0 Å². The minimum atomic E-state index is -3.90. The fourth-order valence-corrected chi connectivity index (χ4v) is 4.58. The van der Waals surface area contributed by atoms with Gasteiger partial charge in [-0.05, 0) is 49.6 Å². The highest BCUT2D eigenvalue weighted by Gasteiger charge is 2.27. The average molecular weight is 458 g/mol. The van der Waals surface area contributed by atoms with Crippen molar-refractivity contribution in [3.8, 4) is 5.75 Å². The molecule has 3 rings (SSSR count). The van der Waals surface area contributed by atoms with Gasteiger partial charge in [0, 0.05) is 17.5 Å². The third-order valence-corrected chi connectivity index (χ3v) is 6.65. The number of aryl methyl sites for hydroxylation is 2. The molecular formula is C24H27NO6S. The Morgan fingerprint density at radius 3 is 2.47 bits per heavy atom. The van der Waals surface area contributed by atoms with Crippen molar-refractivity contribution in [3.63, 3.8) is 0 Å². The van der Waals surface area contributed by atoms with Gasteiger partial charge in [0.1, 0.15) is 17.4 Å². The largest absolute Gasteiger partial charge is 0.425 e. The standard InChI is InChI=1S/C24H27NO6S/c1-4-6-7-21(25-32(28,29)19-11-8-16(3)9-12-19)24(27)30-18-10-13-20-17(5-2)14-23(26)31-22(20)15-18/h8-15,21,25H,4-7H2,1-3H3. The summed E-state index contributed by atoms with van der Waals surface area (Å²) in [6.45, 7) is 5.74. The number of nitrogens with one attached hydrogen (secondary N) is 1. The molecule has 0 radical (unpaired) electrons. The van der Waals surface area contributed by atoms with Crippen molar-refractivity contribution in [2.45, 2.75) is 57.4 Å². The summed E-state index contributed by atoms with van der Waals surface area (Å²) >= 11 is 0. The summed E-state index contributed by atoms with van der Waals surface area (Å²) in [5.74, 6) is -0.544. The van der Waals surface area contributed by atoms with Gasteiger partial charge in [-0.3, -0.25) is 0 Å². The Balaban J connectivity index is 1.84. The van der Waals surface area contributed by atoms with Crippen molar-refractivity contribution in [1.82, 2.24) is 4.72 Å². The van der Waals surface area contributed by atoms with Crippen LogP contribution in [0.25, 0.3) is 11.0 Å². The van der Waals surface area contributed by atoms with Crippen molar-refractivity contribution >= 4 is 27.0 Å². The maximum Gasteiger partial charge on any atom is 0.336 e. The molecule has 0 fully saturated rings. The van der Waals surface area contributed by atoms with Crippen molar-refractivity contribution in [2.75, 3.05) is 0 Å². The number of ether oxygens (including phenoxy) is 1. The quantitative estimate of drug-likeness (QED) is 0.295. The highest BCUT2D eigenvalue weighted by atomic mass is 32.2. The molecule has 8 heteroatoms. The van der Waals surface area contributed by atoms with Gasteiger partial charge in [0.2, 0.25) is 10.0 Å². The van der Waals surface area contributed by atoms with Gasteiger partial charge >= 0.3 is 11.6 Å². The van der Waals surface area contributed by atoms with E-state index >= 15 is 0 Å². The first-order chi connectivity index (χ1) is 15.2. The molecule has 170 valence electrons. The van der Waals surface area contributed by atoms with E-state index < -0.39 is 27.7 Å². The lowest BCUT2D eigenvalue weighted by atomic mass is 10.1. The number of carbonyl (C=O) groups excluding carboxylic acids is 1. The summed E-state index contributed by atoms with van der Waals surface area (Å²) in [6.07, 6.45) is 2.38. The maximum absolute atomic E-state index is 12.9. The fraction of sp³-hybridized carbons (Fsp3) is 0.333. The number of benzene rings is 2. The Morgan fingerprint density at radius 1 is 1.09 bits per heavy atom. The lowest BCUT2D eigenvalue weighted by molar-refractivity contribution is -0.136. The van der Waals surface area contributed by atoms with E-state index in [9.17, 15) is 18.0 Å². The van der Waals surface area contributed by atoms with E-state index in [1.54, 1.807) is 24.3 Å². The Hall–Kier alpha value is -2.97. The molecule has 1 N–H and O–H groups in total. The molecule has 3 aromatic rings. The van der Waals surface area contributed by atoms with Crippen LogP contribution in [0.1, 0.15) is 44.2 Å². The van der Waals surface area contributed by atoms with Crippen LogP contribution in [0.5, 0.6) is 5.75 Å². The minimum Gasteiger partial charge on any atom is -0.425 e. The second kappa shape index (κ2) is 10.1. The van der Waals surface area contributed by atoms with Gasteiger partial charge in [-0.25, -0.2) is 18.0 Å². The summed E-state index contributed by atoms with van der Waals surface area (Å²) < 4.78 is 38.8. The number of hydrogen-bond acceptors (Lipinski definition) is 6. The monoisotopic (exact) mass is 457 g/mol. The van der Waals surface area contributed by atoms with Gasteiger partial charge in [0.15, 0.2) is 0 Å². The molecule has 1 unspecified atom stereocenters. The Labute approximate surface area is 187 Å². The van der Waals surface area contributed by atoms with E-state index in [2.05, 4.69) is 4.72 Å². The van der Waals surface area contributed by atoms with Crippen molar-refractivity contribution in [2.24, 2.45) is 0 Å². The predicted octanol–water partition coefficient (Wildman–Crippen LogP) is 4.11. The van der Waals surface area contributed by atoms with Crippen molar-refractivity contribution < 1.29 is 22.4 Å². The molecule has 0 spiro atoms. The topological polar surface area (TPSA) is 103 Å². The molecular weight excluding hydrogens is 430 g/mol. The molecule has 0 saturated heterocycles. The molecule has 2 aromatic carbocycles. The fourth-order valence-electron chi connectivity index (χ4n) is 3.36. The molecule has 1 atom stereocenters. The Bertz CT molecular complexity index is 1260. The zero-order valence-corrected chi connectivity index (χ0v) is 19.2. The van der Waals surface area contributed by atoms with E-state index in [0.29, 0.717) is 24.8 Å². The molecule has 7 nitrogen and oxygen atoms in total. The number of fused-ring (bicyclic) bond motifs is 1. The van der Waals surface area contributed by atoms with Crippen LogP contribution in [0.15, 0.2) is 62.6 Å². The van der Waals surface area contributed by atoms with E-state index in [-0.39, 0.29) is 10.6 Å². The molecule has 0 amide bonds. The molecule has 0 aliphatic carbocycles. The van der Waals surface area contributed by atoms with Gasteiger partial charge in [-0.15, -0.1) is 0 Å². The van der Waals surface area contributed by atoms with Gasteiger partial charge in [0.25, 0.3) is 0 Å². The summed E-state index contributed by atoms with van der Waals surface area (Å²) in [5, 5.41) is 0.759. The molecule has 1 aromatic heterocycles. The van der Waals surface area contributed by atoms with Gasteiger partial charge in [-0.1, -0.05) is 44.4 Å². The van der Waals surface area contributed by atoms with E-state index in [0.717, 1.165) is 22.9 Å². The van der Waals surface area contributed by atoms with Gasteiger partial charge in [0.05, 0.1) is 4.90 Å². The SMILES string of the molecule is CCCCC(NS(=O)(=O)c1ccc(C)cc1)C(=O)Oc1ccc2c(CC)cc(=O)oc2c1. The second-order valence-electron chi connectivity index (χ2n) is 7.65. The van der Waals surface area contributed by atoms with Crippen molar-refractivity contribution in [1.29, 1.82) is 0 Å². The van der Waals surface area contributed by atoms with Crippen LogP contribution in [0.4, 0.5) is 0 Å². The van der Waals surface area contributed by atoms with Gasteiger partial charge in [-0.2, -0.15) is 4.72 Å². The number of rotatable bonds is 9. The van der Waals surface area contributed by atoms with Crippen LogP contribution in [0.3, 0.4) is 0 Å². The first-order valence-corrected chi connectivity index (χ1v) is 12.1. The molecule has 0 aliphatic rings. The van der Waals surface area contributed by atoms with E-state index in [1.165, 1.54) is 24.3 Å². The van der Waals surface area contributed by atoms with Crippen molar-refractivity contribution in [3.05, 3.63) is 70.1 Å². The lowest BCUT2D eigenvalue weighted by Gasteiger charge is -2.18. The Morgan fingerprint density at radius 2 is 1.81 bits per heavy atom. The molecule has 32 heavy (non-hydrogen) atoms. The third-order valence-electron chi connectivity index (χ3n) is 5.16. The second-order valence-corrected chi connectivity index (χ2v) is 9.37. The lowest BCUT2D eigenvalue weighted by Crippen LogP contribution is -2.42. The maximum atomic E-state index is 12.9. The average Bonchev–Trinajstić information content (AvgIpc) is 2.75. The normalized spacial score (nSPS) is 12.6. The molecule has 0 aliphatic heterocycles. The first-order valence-electron chi connectivity index (χ1n) is 10.6. The van der Waals surface area contributed by atoms with Crippen LogP contribution in [-0.4, -0.2) is 20.4 Å². The number of unbranched alkanes of at least 4 members (excludes halogenated alkanes) is 1. The third kappa shape index (κ3) is 5.63. The van der Waals surface area contributed by atoms with Crippen LogP contribution in [-0.2, 0) is 21.2 Å². The van der Waals surface area contributed by atoms with Crippen LogP contribution < -0.4 is 15.1 Å². The smallest absolute Gasteiger partial charge is 0.336 e.